The molecule has 0 aliphatic carbocycles. The lowest BCUT2D eigenvalue weighted by molar-refractivity contribution is -0.124. The molecule has 2 amide bonds. The van der Waals surface area contributed by atoms with Crippen molar-refractivity contribution in [2.24, 2.45) is 5.92 Å². The van der Waals surface area contributed by atoms with Gasteiger partial charge in [-0.05, 0) is 11.1 Å². The minimum atomic E-state index is -0.0451. The Hall–Kier alpha value is -2.62. The Morgan fingerprint density at radius 1 is 0.800 bits per heavy atom. The van der Waals surface area contributed by atoms with Gasteiger partial charge in [-0.2, -0.15) is 0 Å². The second-order valence-corrected chi connectivity index (χ2v) is 6.37. The summed E-state index contributed by atoms with van der Waals surface area (Å²) in [6.07, 6.45) is 0.381. The summed E-state index contributed by atoms with van der Waals surface area (Å²) in [5.41, 5.74) is 2.24. The Kier molecular flexibility index (Phi) is 7.20. The van der Waals surface area contributed by atoms with E-state index in [0.29, 0.717) is 19.5 Å². The Morgan fingerprint density at radius 2 is 1.28 bits per heavy atom. The van der Waals surface area contributed by atoms with Crippen LogP contribution < -0.4 is 10.6 Å². The summed E-state index contributed by atoms with van der Waals surface area (Å²) < 4.78 is 0. The van der Waals surface area contributed by atoms with Crippen molar-refractivity contribution < 1.29 is 9.59 Å². The van der Waals surface area contributed by atoms with E-state index in [9.17, 15) is 9.59 Å². The number of hydrogen-bond acceptors (Lipinski definition) is 2. The van der Waals surface area contributed by atoms with Crippen LogP contribution in [0, 0.1) is 5.92 Å². The summed E-state index contributed by atoms with van der Waals surface area (Å²) in [7, 11) is 0. The number of hydrogen-bond donors (Lipinski definition) is 2. The van der Waals surface area contributed by atoms with E-state index in [1.165, 1.54) is 0 Å². The van der Waals surface area contributed by atoms with E-state index in [0.717, 1.165) is 11.1 Å². The van der Waals surface area contributed by atoms with Crippen LogP contribution in [-0.2, 0) is 9.59 Å². The molecule has 0 saturated heterocycles. The maximum atomic E-state index is 12.4. The van der Waals surface area contributed by atoms with E-state index < -0.39 is 0 Å². The van der Waals surface area contributed by atoms with Crippen LogP contribution in [0.5, 0.6) is 0 Å². The number of nitrogens with one attached hydrogen (secondary N) is 2. The molecule has 2 N–H and O–H groups in total. The SMILES string of the molecule is CC(C)C(=O)NCCNC(=O)CC(c1ccccc1)c1ccccc1. The Bertz CT molecular complexity index is 629. The molecule has 2 aromatic rings. The highest BCUT2D eigenvalue weighted by Gasteiger charge is 2.17. The normalized spacial score (nSPS) is 10.7. The fourth-order valence-electron chi connectivity index (χ4n) is 2.65. The summed E-state index contributed by atoms with van der Waals surface area (Å²) in [5, 5.41) is 5.69. The third kappa shape index (κ3) is 6.07. The molecule has 0 spiro atoms. The van der Waals surface area contributed by atoms with Crippen molar-refractivity contribution in [1.29, 1.82) is 0 Å². The number of carbonyl (C=O) groups is 2. The lowest BCUT2D eigenvalue weighted by atomic mass is 9.88. The molecule has 0 radical (unpaired) electrons. The number of rotatable bonds is 8. The van der Waals surface area contributed by atoms with Crippen LogP contribution in [0.2, 0.25) is 0 Å². The third-order valence-corrected chi connectivity index (χ3v) is 4.06. The van der Waals surface area contributed by atoms with Gasteiger partial charge in [0.05, 0.1) is 0 Å². The fraction of sp³-hybridized carbons (Fsp3) is 0.333. The summed E-state index contributed by atoms with van der Waals surface area (Å²) in [4.78, 5) is 23.9. The molecule has 132 valence electrons. The molecule has 0 fully saturated rings. The summed E-state index contributed by atoms with van der Waals surface area (Å²) in [5.74, 6) is -0.0407. The number of carbonyl (C=O) groups excluding carboxylic acids is 2. The predicted octanol–water partition coefficient (Wildman–Crippen LogP) is 3.10. The molecule has 4 nitrogen and oxygen atoms in total. The number of amides is 2. The highest BCUT2D eigenvalue weighted by Crippen LogP contribution is 2.27. The number of benzene rings is 2. The first-order valence-electron chi connectivity index (χ1n) is 8.72. The van der Waals surface area contributed by atoms with Crippen LogP contribution in [0.25, 0.3) is 0 Å². The minimum absolute atomic E-state index is 0.000645. The molecule has 2 rings (SSSR count). The van der Waals surface area contributed by atoms with Gasteiger partial charge in [0.15, 0.2) is 0 Å². The maximum Gasteiger partial charge on any atom is 0.222 e. The molecule has 0 aliphatic heterocycles. The van der Waals surface area contributed by atoms with Gasteiger partial charge < -0.3 is 10.6 Å². The monoisotopic (exact) mass is 338 g/mol. The van der Waals surface area contributed by atoms with Gasteiger partial charge >= 0.3 is 0 Å². The van der Waals surface area contributed by atoms with Crippen molar-refractivity contribution in [3.8, 4) is 0 Å². The minimum Gasteiger partial charge on any atom is -0.354 e. The van der Waals surface area contributed by atoms with Crippen LogP contribution >= 0.6 is 0 Å². The van der Waals surface area contributed by atoms with Crippen molar-refractivity contribution in [3.63, 3.8) is 0 Å². The average molecular weight is 338 g/mol. The lowest BCUT2D eigenvalue weighted by Gasteiger charge is -2.18. The van der Waals surface area contributed by atoms with Gasteiger partial charge in [-0.3, -0.25) is 9.59 Å². The van der Waals surface area contributed by atoms with E-state index in [2.05, 4.69) is 10.6 Å². The van der Waals surface area contributed by atoms with Crippen molar-refractivity contribution in [1.82, 2.24) is 10.6 Å². The molecule has 4 heteroatoms. The van der Waals surface area contributed by atoms with E-state index >= 15 is 0 Å². The zero-order chi connectivity index (χ0) is 18.1. The zero-order valence-electron chi connectivity index (χ0n) is 14.9. The molecular weight excluding hydrogens is 312 g/mol. The quantitative estimate of drug-likeness (QED) is 0.727. The van der Waals surface area contributed by atoms with Crippen LogP contribution in [0.4, 0.5) is 0 Å². The molecule has 2 aromatic carbocycles. The van der Waals surface area contributed by atoms with E-state index in [1.807, 2.05) is 74.5 Å². The molecule has 0 heterocycles. The Labute approximate surface area is 149 Å². The molecule has 0 bridgehead atoms. The molecule has 0 aromatic heterocycles. The maximum absolute atomic E-state index is 12.4. The third-order valence-electron chi connectivity index (χ3n) is 4.06. The Morgan fingerprint density at radius 3 is 1.76 bits per heavy atom. The van der Waals surface area contributed by atoms with Gasteiger partial charge in [0.25, 0.3) is 0 Å². The van der Waals surface area contributed by atoms with Crippen LogP contribution in [0.15, 0.2) is 60.7 Å². The summed E-state index contributed by atoms with van der Waals surface area (Å²) in [6.45, 7) is 4.58. The largest absolute Gasteiger partial charge is 0.354 e. The fourth-order valence-corrected chi connectivity index (χ4v) is 2.65. The van der Waals surface area contributed by atoms with E-state index in [-0.39, 0.29) is 23.7 Å². The van der Waals surface area contributed by atoms with Gasteiger partial charge in [0, 0.05) is 31.3 Å². The molecule has 0 atom stereocenters. The van der Waals surface area contributed by atoms with E-state index in [4.69, 9.17) is 0 Å². The second-order valence-electron chi connectivity index (χ2n) is 6.37. The smallest absolute Gasteiger partial charge is 0.222 e. The predicted molar refractivity (Wildman–Crippen MR) is 100 cm³/mol. The van der Waals surface area contributed by atoms with Crippen molar-refractivity contribution in [2.75, 3.05) is 13.1 Å². The van der Waals surface area contributed by atoms with Gasteiger partial charge in [0.1, 0.15) is 0 Å². The Balaban J connectivity index is 1.93. The molecular formula is C21H26N2O2. The first kappa shape index (κ1) is 18.7. The van der Waals surface area contributed by atoms with Gasteiger partial charge in [-0.1, -0.05) is 74.5 Å². The van der Waals surface area contributed by atoms with E-state index in [1.54, 1.807) is 0 Å². The van der Waals surface area contributed by atoms with Crippen LogP contribution in [0.1, 0.15) is 37.3 Å². The van der Waals surface area contributed by atoms with Crippen molar-refractivity contribution in [3.05, 3.63) is 71.8 Å². The second kappa shape index (κ2) is 9.62. The van der Waals surface area contributed by atoms with Gasteiger partial charge in [0.2, 0.25) is 11.8 Å². The van der Waals surface area contributed by atoms with Crippen LogP contribution in [-0.4, -0.2) is 24.9 Å². The van der Waals surface area contributed by atoms with Gasteiger partial charge in [-0.15, -0.1) is 0 Å². The molecule has 0 aliphatic rings. The zero-order valence-corrected chi connectivity index (χ0v) is 14.9. The summed E-state index contributed by atoms with van der Waals surface area (Å²) >= 11 is 0. The molecule has 0 unspecified atom stereocenters. The first-order chi connectivity index (χ1) is 12.1. The molecule has 25 heavy (non-hydrogen) atoms. The standard InChI is InChI=1S/C21H26N2O2/c1-16(2)21(25)23-14-13-22-20(24)15-19(17-9-5-3-6-10-17)18-11-7-4-8-12-18/h3-12,16,19H,13-15H2,1-2H3,(H,22,24)(H,23,25). The first-order valence-corrected chi connectivity index (χ1v) is 8.72. The van der Waals surface area contributed by atoms with Crippen LogP contribution in [0.3, 0.4) is 0 Å². The van der Waals surface area contributed by atoms with Gasteiger partial charge in [-0.25, -0.2) is 0 Å². The lowest BCUT2D eigenvalue weighted by Crippen LogP contribution is -2.36. The summed E-state index contributed by atoms with van der Waals surface area (Å²) in [6, 6.07) is 20.1. The van der Waals surface area contributed by atoms with Crippen molar-refractivity contribution in [2.45, 2.75) is 26.2 Å². The average Bonchev–Trinajstić information content (AvgIpc) is 2.64. The topological polar surface area (TPSA) is 58.2 Å². The van der Waals surface area contributed by atoms with Crippen molar-refractivity contribution >= 4 is 11.8 Å². The highest BCUT2D eigenvalue weighted by atomic mass is 16.2. The highest BCUT2D eigenvalue weighted by molar-refractivity contribution is 5.79. The molecule has 0 saturated carbocycles.